The number of carbonyl (C=O) groups is 1. The molecule has 1 amide bonds. The summed E-state index contributed by atoms with van der Waals surface area (Å²) < 4.78 is 27.0. The monoisotopic (exact) mass is 400 g/mol. The lowest BCUT2D eigenvalue weighted by Gasteiger charge is -2.31. The molecule has 1 N–H and O–H groups in total. The van der Waals surface area contributed by atoms with Gasteiger partial charge < -0.3 is 5.32 Å². The van der Waals surface area contributed by atoms with Gasteiger partial charge in [-0.3, -0.25) is 4.79 Å². The fourth-order valence-electron chi connectivity index (χ4n) is 3.63. The Morgan fingerprint density at radius 2 is 1.93 bits per heavy atom. The Balaban J connectivity index is 1.50. The van der Waals surface area contributed by atoms with Crippen LogP contribution >= 0.6 is 0 Å². The van der Waals surface area contributed by atoms with Crippen molar-refractivity contribution < 1.29 is 13.2 Å². The molecule has 1 unspecified atom stereocenters. The van der Waals surface area contributed by atoms with Gasteiger partial charge in [0.05, 0.1) is 10.8 Å². The third kappa shape index (κ3) is 5.20. The van der Waals surface area contributed by atoms with Gasteiger partial charge in [-0.15, -0.1) is 0 Å². The molecule has 3 rings (SSSR count). The molecule has 0 bridgehead atoms. The number of amides is 1. The summed E-state index contributed by atoms with van der Waals surface area (Å²) in [6.45, 7) is 3.40. The first-order chi connectivity index (χ1) is 13.5. The van der Waals surface area contributed by atoms with Gasteiger partial charge >= 0.3 is 0 Å². The van der Waals surface area contributed by atoms with Crippen molar-refractivity contribution in [3.8, 4) is 0 Å². The summed E-state index contributed by atoms with van der Waals surface area (Å²) in [5.74, 6) is -0.330. The van der Waals surface area contributed by atoms with E-state index >= 15 is 0 Å². The molecule has 1 saturated heterocycles. The lowest BCUT2D eigenvalue weighted by Crippen LogP contribution is -2.45. The molecule has 2 aromatic carbocycles. The van der Waals surface area contributed by atoms with Crippen LogP contribution in [0.4, 0.5) is 0 Å². The van der Waals surface area contributed by atoms with Crippen LogP contribution in [0, 0.1) is 12.8 Å². The highest BCUT2D eigenvalue weighted by Gasteiger charge is 2.33. The Kier molecular flexibility index (Phi) is 6.86. The summed E-state index contributed by atoms with van der Waals surface area (Å²) in [6, 6.07) is 16.8. The molecule has 1 atom stereocenters. The lowest BCUT2D eigenvalue weighted by molar-refractivity contribution is -0.126. The number of sulfonamides is 1. The summed E-state index contributed by atoms with van der Waals surface area (Å²) in [5, 5.41) is 2.99. The molecule has 0 radical (unpaired) electrons. The fraction of sp³-hybridized carbons (Fsp3) is 0.409. The highest BCUT2D eigenvalue weighted by Crippen LogP contribution is 2.23. The molecule has 0 saturated carbocycles. The van der Waals surface area contributed by atoms with Crippen molar-refractivity contribution in [3.63, 3.8) is 0 Å². The van der Waals surface area contributed by atoms with Gasteiger partial charge in [0, 0.05) is 19.6 Å². The Bertz CT molecular complexity index is 897. The van der Waals surface area contributed by atoms with Gasteiger partial charge in [0.15, 0.2) is 0 Å². The number of nitrogens with zero attached hydrogens (tertiary/aromatic N) is 1. The van der Waals surface area contributed by atoms with E-state index in [0.717, 1.165) is 19.3 Å². The van der Waals surface area contributed by atoms with Crippen LogP contribution in [-0.2, 0) is 21.2 Å². The van der Waals surface area contributed by atoms with Crippen LogP contribution in [-0.4, -0.2) is 38.3 Å². The number of hydrogen-bond acceptors (Lipinski definition) is 3. The first-order valence-electron chi connectivity index (χ1n) is 9.85. The van der Waals surface area contributed by atoms with E-state index < -0.39 is 10.0 Å². The minimum Gasteiger partial charge on any atom is -0.356 e. The highest BCUT2D eigenvalue weighted by atomic mass is 32.2. The Morgan fingerprint density at radius 3 is 2.68 bits per heavy atom. The molecule has 0 aliphatic carbocycles. The van der Waals surface area contributed by atoms with Crippen molar-refractivity contribution >= 4 is 15.9 Å². The zero-order chi connectivity index (χ0) is 20.0. The first kappa shape index (κ1) is 20.6. The lowest BCUT2D eigenvalue weighted by atomic mass is 9.98. The maximum Gasteiger partial charge on any atom is 0.243 e. The first-order valence-corrected chi connectivity index (χ1v) is 11.3. The topological polar surface area (TPSA) is 66.5 Å². The second-order valence-electron chi connectivity index (χ2n) is 7.40. The van der Waals surface area contributed by atoms with E-state index in [-0.39, 0.29) is 23.3 Å². The molecule has 6 heteroatoms. The van der Waals surface area contributed by atoms with Crippen molar-refractivity contribution in [1.29, 1.82) is 0 Å². The predicted octanol–water partition coefficient (Wildman–Crippen LogP) is 3.14. The standard InChI is InChI=1S/C22H28N2O3S/c1-18-8-5-9-19(16-18)10-6-14-23-22(25)20-11-7-15-24(17-20)28(26,27)21-12-3-2-4-13-21/h2-5,8-9,12-13,16,20H,6-7,10-11,14-15,17H2,1H3,(H,23,25). The Labute approximate surface area is 167 Å². The zero-order valence-electron chi connectivity index (χ0n) is 16.3. The van der Waals surface area contributed by atoms with Gasteiger partial charge in [-0.1, -0.05) is 48.0 Å². The van der Waals surface area contributed by atoms with E-state index in [4.69, 9.17) is 0 Å². The number of rotatable bonds is 7. The maximum absolute atomic E-state index is 12.8. The van der Waals surface area contributed by atoms with E-state index in [1.165, 1.54) is 15.4 Å². The summed E-state index contributed by atoms with van der Waals surface area (Å²) in [7, 11) is -3.54. The normalized spacial score (nSPS) is 18.0. The zero-order valence-corrected chi connectivity index (χ0v) is 17.1. The largest absolute Gasteiger partial charge is 0.356 e. The van der Waals surface area contributed by atoms with Crippen LogP contribution < -0.4 is 5.32 Å². The summed E-state index contributed by atoms with van der Waals surface area (Å²) in [6.07, 6.45) is 3.22. The quantitative estimate of drug-likeness (QED) is 0.726. The molecular weight excluding hydrogens is 372 g/mol. The predicted molar refractivity (Wildman–Crippen MR) is 110 cm³/mol. The molecule has 1 heterocycles. The van der Waals surface area contributed by atoms with E-state index in [9.17, 15) is 13.2 Å². The van der Waals surface area contributed by atoms with Gasteiger partial charge in [-0.05, 0) is 50.3 Å². The van der Waals surface area contributed by atoms with Crippen molar-refractivity contribution in [2.75, 3.05) is 19.6 Å². The summed E-state index contributed by atoms with van der Waals surface area (Å²) >= 11 is 0. The molecule has 0 spiro atoms. The average Bonchev–Trinajstić information content (AvgIpc) is 2.72. The fourth-order valence-corrected chi connectivity index (χ4v) is 5.18. The molecular formula is C22H28N2O3S. The molecule has 0 aromatic heterocycles. The number of benzene rings is 2. The minimum absolute atomic E-state index is 0.0443. The van der Waals surface area contributed by atoms with E-state index in [2.05, 4.69) is 30.4 Å². The van der Waals surface area contributed by atoms with Gasteiger partial charge in [-0.25, -0.2) is 8.42 Å². The number of piperidine rings is 1. The number of hydrogen-bond donors (Lipinski definition) is 1. The number of nitrogens with one attached hydrogen (secondary N) is 1. The summed E-state index contributed by atoms with van der Waals surface area (Å²) in [5.41, 5.74) is 2.51. The Morgan fingerprint density at radius 1 is 1.14 bits per heavy atom. The third-order valence-electron chi connectivity index (χ3n) is 5.16. The van der Waals surface area contributed by atoms with Crippen molar-refractivity contribution in [2.45, 2.75) is 37.5 Å². The molecule has 1 fully saturated rings. The van der Waals surface area contributed by atoms with Crippen LogP contribution in [0.5, 0.6) is 0 Å². The van der Waals surface area contributed by atoms with Crippen LogP contribution in [0.3, 0.4) is 0 Å². The second kappa shape index (κ2) is 9.34. The third-order valence-corrected chi connectivity index (χ3v) is 7.04. The van der Waals surface area contributed by atoms with E-state index in [1.54, 1.807) is 30.3 Å². The molecule has 5 nitrogen and oxygen atoms in total. The second-order valence-corrected chi connectivity index (χ2v) is 9.34. The van der Waals surface area contributed by atoms with Gasteiger partial charge in [0.2, 0.25) is 15.9 Å². The molecule has 150 valence electrons. The van der Waals surface area contributed by atoms with Crippen molar-refractivity contribution in [1.82, 2.24) is 9.62 Å². The SMILES string of the molecule is Cc1cccc(CCCNC(=O)C2CCCN(S(=O)(=O)c3ccccc3)C2)c1. The van der Waals surface area contributed by atoms with Crippen molar-refractivity contribution in [2.24, 2.45) is 5.92 Å². The smallest absolute Gasteiger partial charge is 0.243 e. The highest BCUT2D eigenvalue weighted by molar-refractivity contribution is 7.89. The minimum atomic E-state index is -3.54. The van der Waals surface area contributed by atoms with Crippen LogP contribution in [0.25, 0.3) is 0 Å². The Hall–Kier alpha value is -2.18. The van der Waals surface area contributed by atoms with Gasteiger partial charge in [0.1, 0.15) is 0 Å². The van der Waals surface area contributed by atoms with E-state index in [0.29, 0.717) is 19.5 Å². The molecule has 1 aliphatic heterocycles. The van der Waals surface area contributed by atoms with Crippen LogP contribution in [0.1, 0.15) is 30.4 Å². The molecule has 2 aromatic rings. The average molecular weight is 401 g/mol. The molecule has 28 heavy (non-hydrogen) atoms. The number of carbonyl (C=O) groups excluding carboxylic acids is 1. The van der Waals surface area contributed by atoms with Crippen molar-refractivity contribution in [3.05, 3.63) is 65.7 Å². The van der Waals surface area contributed by atoms with Crippen LogP contribution in [0.15, 0.2) is 59.5 Å². The maximum atomic E-state index is 12.8. The van der Waals surface area contributed by atoms with Crippen LogP contribution in [0.2, 0.25) is 0 Å². The van der Waals surface area contributed by atoms with E-state index in [1.807, 2.05) is 6.07 Å². The molecule has 1 aliphatic rings. The summed E-state index contributed by atoms with van der Waals surface area (Å²) in [4.78, 5) is 12.8. The van der Waals surface area contributed by atoms with Gasteiger partial charge in [0.25, 0.3) is 0 Å². The van der Waals surface area contributed by atoms with Gasteiger partial charge in [-0.2, -0.15) is 4.31 Å². The number of aryl methyl sites for hydroxylation is 2.